The van der Waals surface area contributed by atoms with Gasteiger partial charge in [-0.05, 0) is 42.5 Å². The number of carbonyl (C=O) groups excluding carboxylic acids is 1. The second kappa shape index (κ2) is 7.09. The van der Waals surface area contributed by atoms with Crippen LogP contribution in [0.3, 0.4) is 0 Å². The quantitative estimate of drug-likeness (QED) is 0.722. The van der Waals surface area contributed by atoms with Gasteiger partial charge >= 0.3 is 12.2 Å². The summed E-state index contributed by atoms with van der Waals surface area (Å²) in [6, 6.07) is 10.8. The van der Waals surface area contributed by atoms with Crippen LogP contribution in [0.1, 0.15) is 37.6 Å². The van der Waals surface area contributed by atoms with Gasteiger partial charge in [-0.2, -0.15) is 0 Å². The molecule has 1 aliphatic carbocycles. The summed E-state index contributed by atoms with van der Waals surface area (Å²) in [6.45, 7) is 4.36. The second-order valence-corrected chi connectivity index (χ2v) is 8.45. The van der Waals surface area contributed by atoms with Gasteiger partial charge in [-0.3, -0.25) is 9.78 Å². The van der Waals surface area contributed by atoms with E-state index in [1.807, 2.05) is 30.5 Å². The van der Waals surface area contributed by atoms with Crippen LogP contribution in [0.4, 0.5) is 0 Å². The number of nitrogens with one attached hydrogen (secondary N) is 1. The van der Waals surface area contributed by atoms with Gasteiger partial charge in [-0.25, -0.2) is 9.97 Å². The lowest BCUT2D eigenvalue weighted by atomic mass is 9.74. The highest BCUT2D eigenvalue weighted by Gasteiger charge is 2.38. The molecule has 3 heterocycles. The van der Waals surface area contributed by atoms with E-state index in [1.54, 1.807) is 24.5 Å². The van der Waals surface area contributed by atoms with Crippen LogP contribution in [-0.4, -0.2) is 27.1 Å². The normalized spacial score (nSPS) is 19.2. The van der Waals surface area contributed by atoms with Gasteiger partial charge in [-0.1, -0.05) is 26.0 Å². The molecule has 3 aromatic rings. The van der Waals surface area contributed by atoms with E-state index in [1.165, 1.54) is 0 Å². The van der Waals surface area contributed by atoms with Crippen LogP contribution in [0.15, 0.2) is 55.0 Å². The number of aromatic nitrogens is 3. The summed E-state index contributed by atoms with van der Waals surface area (Å²) in [4.78, 5) is 26.3. The number of pyridine rings is 1. The highest BCUT2D eigenvalue weighted by atomic mass is 16.7. The number of para-hydroxylation sites is 2. The molecule has 5 rings (SSSR count). The fourth-order valence-corrected chi connectivity index (χ4v) is 4.06. The van der Waals surface area contributed by atoms with Crippen LogP contribution in [-0.2, 0) is 11.2 Å². The van der Waals surface area contributed by atoms with Crippen molar-refractivity contribution in [2.45, 2.75) is 39.0 Å². The minimum absolute atomic E-state index is 0.0187. The summed E-state index contributed by atoms with van der Waals surface area (Å²) in [5.74, 6) is 1.51. The molecule has 30 heavy (non-hydrogen) atoms. The topological polar surface area (TPSA) is 86.2 Å². The van der Waals surface area contributed by atoms with Gasteiger partial charge < -0.3 is 14.8 Å². The van der Waals surface area contributed by atoms with Crippen molar-refractivity contribution >= 4 is 5.91 Å². The standard InChI is InChI=1S/C23H22N4O3/c1-23(2)11-16-15(13-25-20(26-16)14-7-9-24-10-8-14)17(12-23)27-21(28)22-29-18-5-3-4-6-19(18)30-22/h3-10,13,17,22H,11-12H2,1-2H3,(H,27,28)/t17-/m1/s1. The van der Waals surface area contributed by atoms with E-state index in [-0.39, 0.29) is 17.4 Å². The first-order valence-corrected chi connectivity index (χ1v) is 9.97. The third-order valence-electron chi connectivity index (χ3n) is 5.46. The van der Waals surface area contributed by atoms with Gasteiger partial charge in [0.05, 0.1) is 11.7 Å². The van der Waals surface area contributed by atoms with Crippen LogP contribution in [0.25, 0.3) is 11.4 Å². The molecule has 0 fully saturated rings. The van der Waals surface area contributed by atoms with Crippen molar-refractivity contribution in [2.75, 3.05) is 0 Å². The number of carbonyl (C=O) groups is 1. The van der Waals surface area contributed by atoms with E-state index in [0.29, 0.717) is 17.3 Å². The van der Waals surface area contributed by atoms with Crippen LogP contribution in [0, 0.1) is 5.41 Å². The monoisotopic (exact) mass is 402 g/mol. The van der Waals surface area contributed by atoms with Crippen LogP contribution < -0.4 is 14.8 Å². The third kappa shape index (κ3) is 3.47. The molecule has 7 heteroatoms. The Bertz CT molecular complexity index is 1080. The van der Waals surface area contributed by atoms with Gasteiger partial charge in [0.2, 0.25) is 0 Å². The Morgan fingerprint density at radius 2 is 1.80 bits per heavy atom. The van der Waals surface area contributed by atoms with Gasteiger partial charge in [0, 0.05) is 29.7 Å². The van der Waals surface area contributed by atoms with Crippen molar-refractivity contribution in [3.05, 3.63) is 66.2 Å². The smallest absolute Gasteiger partial charge is 0.321 e. The van der Waals surface area contributed by atoms with Gasteiger partial charge in [0.1, 0.15) is 0 Å². The van der Waals surface area contributed by atoms with Crippen LogP contribution in [0.5, 0.6) is 11.5 Å². The largest absolute Gasteiger partial charge is 0.442 e. The first-order valence-electron chi connectivity index (χ1n) is 9.97. The van der Waals surface area contributed by atoms with Crippen molar-refractivity contribution in [1.29, 1.82) is 0 Å². The highest BCUT2D eigenvalue weighted by Crippen LogP contribution is 2.41. The van der Waals surface area contributed by atoms with Gasteiger partial charge in [-0.15, -0.1) is 0 Å². The molecule has 1 atom stereocenters. The molecule has 1 aromatic carbocycles. The molecule has 1 N–H and O–H groups in total. The summed E-state index contributed by atoms with van der Waals surface area (Å²) in [7, 11) is 0. The molecule has 0 bridgehead atoms. The molecule has 2 aliphatic rings. The summed E-state index contributed by atoms with van der Waals surface area (Å²) >= 11 is 0. The minimum atomic E-state index is -0.993. The molecule has 0 radical (unpaired) electrons. The van der Waals surface area contributed by atoms with E-state index in [9.17, 15) is 4.79 Å². The zero-order valence-corrected chi connectivity index (χ0v) is 16.8. The maximum atomic E-state index is 12.9. The molecule has 0 spiro atoms. The van der Waals surface area contributed by atoms with Gasteiger partial charge in [0.15, 0.2) is 17.3 Å². The number of fused-ring (bicyclic) bond motifs is 2. The molecule has 2 aromatic heterocycles. The maximum Gasteiger partial charge on any atom is 0.321 e. The first-order chi connectivity index (χ1) is 14.5. The van der Waals surface area contributed by atoms with Crippen molar-refractivity contribution < 1.29 is 14.3 Å². The van der Waals surface area contributed by atoms with E-state index < -0.39 is 6.29 Å². The zero-order valence-electron chi connectivity index (χ0n) is 16.8. The average Bonchev–Trinajstić information content (AvgIpc) is 3.18. The lowest BCUT2D eigenvalue weighted by Gasteiger charge is -2.36. The Kier molecular flexibility index (Phi) is 4.38. The lowest BCUT2D eigenvalue weighted by Crippen LogP contribution is -2.44. The van der Waals surface area contributed by atoms with Crippen molar-refractivity contribution in [3.63, 3.8) is 0 Å². The zero-order chi connectivity index (χ0) is 20.7. The van der Waals surface area contributed by atoms with E-state index in [0.717, 1.165) is 29.7 Å². The highest BCUT2D eigenvalue weighted by molar-refractivity contribution is 5.81. The van der Waals surface area contributed by atoms with E-state index in [2.05, 4.69) is 29.1 Å². The molecule has 1 aliphatic heterocycles. The molecule has 0 saturated heterocycles. The van der Waals surface area contributed by atoms with Crippen molar-refractivity contribution in [1.82, 2.24) is 20.3 Å². The fraction of sp³-hybridized carbons (Fsp3) is 0.304. The van der Waals surface area contributed by atoms with E-state index in [4.69, 9.17) is 14.5 Å². The molecule has 1 amide bonds. The Hall–Kier alpha value is -3.48. The van der Waals surface area contributed by atoms with Crippen molar-refractivity contribution in [2.24, 2.45) is 5.41 Å². The van der Waals surface area contributed by atoms with Crippen LogP contribution >= 0.6 is 0 Å². The average molecular weight is 402 g/mol. The Balaban J connectivity index is 1.39. The Morgan fingerprint density at radius 1 is 1.10 bits per heavy atom. The molecule has 0 saturated carbocycles. The lowest BCUT2D eigenvalue weighted by molar-refractivity contribution is -0.137. The predicted molar refractivity (Wildman–Crippen MR) is 110 cm³/mol. The fourth-order valence-electron chi connectivity index (χ4n) is 4.06. The molecule has 0 unspecified atom stereocenters. The van der Waals surface area contributed by atoms with Gasteiger partial charge in [0.25, 0.3) is 0 Å². The van der Waals surface area contributed by atoms with E-state index >= 15 is 0 Å². The predicted octanol–water partition coefficient (Wildman–Crippen LogP) is 3.47. The molecular formula is C23H22N4O3. The summed E-state index contributed by atoms with van der Waals surface area (Å²) in [5.41, 5.74) is 2.79. The number of amides is 1. The summed E-state index contributed by atoms with van der Waals surface area (Å²) < 4.78 is 11.3. The third-order valence-corrected chi connectivity index (χ3v) is 5.46. The number of rotatable bonds is 3. The van der Waals surface area contributed by atoms with Crippen LogP contribution in [0.2, 0.25) is 0 Å². The number of benzene rings is 1. The molecule has 152 valence electrons. The van der Waals surface area contributed by atoms with Crippen molar-refractivity contribution in [3.8, 4) is 22.9 Å². The Labute approximate surface area is 174 Å². The first kappa shape index (κ1) is 18.5. The number of nitrogens with zero attached hydrogens (tertiary/aromatic N) is 3. The SMILES string of the molecule is CC1(C)Cc2nc(-c3ccncc3)ncc2[C@H](NC(=O)C2Oc3ccccc3O2)C1. The Morgan fingerprint density at radius 3 is 2.50 bits per heavy atom. The molecular weight excluding hydrogens is 380 g/mol. The number of hydrogen-bond donors (Lipinski definition) is 1. The second-order valence-electron chi connectivity index (χ2n) is 8.45. The minimum Gasteiger partial charge on any atom is -0.442 e. The molecule has 7 nitrogen and oxygen atoms in total. The number of ether oxygens (including phenoxy) is 2. The number of hydrogen-bond acceptors (Lipinski definition) is 6. The summed E-state index contributed by atoms with van der Waals surface area (Å²) in [5, 5.41) is 3.09. The maximum absolute atomic E-state index is 12.9. The summed E-state index contributed by atoms with van der Waals surface area (Å²) in [6.07, 6.45) is 5.88.